The molecule has 2 heteroatoms. The van der Waals surface area contributed by atoms with Crippen molar-refractivity contribution in [2.24, 2.45) is 0 Å². The van der Waals surface area contributed by atoms with Gasteiger partial charge < -0.3 is 0 Å². The van der Waals surface area contributed by atoms with E-state index in [-0.39, 0.29) is 0 Å². The number of pyridine rings is 2. The molecule has 1 aliphatic carbocycles. The van der Waals surface area contributed by atoms with E-state index in [2.05, 4.69) is 168 Å². The zero-order chi connectivity index (χ0) is 33.3. The van der Waals surface area contributed by atoms with Gasteiger partial charge in [0.1, 0.15) is 0 Å². The molecule has 2 heterocycles. The number of nitrogens with zero attached hydrogens (tertiary/aromatic N) is 2. The third kappa shape index (κ3) is 5.06. The molecule has 0 saturated carbocycles. The van der Waals surface area contributed by atoms with E-state index < -0.39 is 0 Å². The van der Waals surface area contributed by atoms with Gasteiger partial charge >= 0.3 is 0 Å². The van der Waals surface area contributed by atoms with E-state index in [0.717, 1.165) is 22.3 Å². The largest absolute Gasteiger partial charge is 0.264 e. The van der Waals surface area contributed by atoms with Crippen molar-refractivity contribution >= 4 is 43.8 Å². The van der Waals surface area contributed by atoms with Gasteiger partial charge in [-0.2, -0.15) is 0 Å². The maximum absolute atomic E-state index is 4.64. The molecule has 50 heavy (non-hydrogen) atoms. The van der Waals surface area contributed by atoms with Crippen molar-refractivity contribution in [2.45, 2.75) is 0 Å². The van der Waals surface area contributed by atoms with Crippen LogP contribution in [-0.2, 0) is 0 Å². The fourth-order valence-corrected chi connectivity index (χ4v) is 7.50. The van der Waals surface area contributed by atoms with E-state index in [9.17, 15) is 0 Å². The number of allylic oxidation sites excluding steroid dienone is 4. The van der Waals surface area contributed by atoms with E-state index in [0.29, 0.717) is 0 Å². The van der Waals surface area contributed by atoms with E-state index in [1.807, 2.05) is 36.9 Å². The highest BCUT2D eigenvalue weighted by Gasteiger charge is 2.38. The molecule has 0 atom stereocenters. The highest BCUT2D eigenvalue weighted by atomic mass is 14.6. The number of aromatic nitrogens is 2. The summed E-state index contributed by atoms with van der Waals surface area (Å²) in [6, 6.07) is 60.9. The molecule has 0 amide bonds. The highest BCUT2D eigenvalue weighted by molar-refractivity contribution is 6.28. The molecule has 9 rings (SSSR count). The average molecular weight is 637 g/mol. The Kier molecular flexibility index (Phi) is 7.53. The van der Waals surface area contributed by atoms with Crippen LogP contribution < -0.4 is 0 Å². The molecule has 0 saturated heterocycles. The van der Waals surface area contributed by atoms with Crippen molar-refractivity contribution in [1.29, 1.82) is 0 Å². The van der Waals surface area contributed by atoms with Gasteiger partial charge in [-0.15, -0.1) is 0 Å². The average Bonchev–Trinajstić information content (AvgIpc) is 3.19. The van der Waals surface area contributed by atoms with Crippen molar-refractivity contribution in [1.82, 2.24) is 9.97 Å². The van der Waals surface area contributed by atoms with Gasteiger partial charge in [0.15, 0.2) is 0 Å². The van der Waals surface area contributed by atoms with Crippen molar-refractivity contribution in [2.75, 3.05) is 0 Å². The quantitative estimate of drug-likeness (QED) is 0.181. The molecular formula is C48H32N2. The van der Waals surface area contributed by atoms with Gasteiger partial charge in [-0.1, -0.05) is 158 Å². The van der Waals surface area contributed by atoms with Gasteiger partial charge in [-0.25, -0.2) is 0 Å². The molecule has 0 unspecified atom stereocenters. The lowest BCUT2D eigenvalue weighted by atomic mass is 9.65. The minimum atomic E-state index is 1.07. The number of hydrogen-bond acceptors (Lipinski definition) is 2. The third-order valence-electron chi connectivity index (χ3n) is 9.64. The van der Waals surface area contributed by atoms with Crippen LogP contribution in [0.3, 0.4) is 0 Å². The van der Waals surface area contributed by atoms with E-state index in [1.165, 1.54) is 66.1 Å². The second-order valence-corrected chi connectivity index (χ2v) is 12.5. The lowest BCUT2D eigenvalue weighted by Gasteiger charge is -2.37. The van der Waals surface area contributed by atoms with Crippen molar-refractivity contribution in [3.63, 3.8) is 0 Å². The first-order valence-corrected chi connectivity index (χ1v) is 17.0. The fraction of sp³-hybridized carbons (Fsp3) is 0. The summed E-state index contributed by atoms with van der Waals surface area (Å²) >= 11 is 0. The van der Waals surface area contributed by atoms with Gasteiger partial charge in [0.05, 0.1) is 0 Å². The van der Waals surface area contributed by atoms with Crippen LogP contribution in [0, 0.1) is 0 Å². The van der Waals surface area contributed by atoms with Crippen LogP contribution in [-0.4, -0.2) is 9.97 Å². The van der Waals surface area contributed by atoms with Gasteiger partial charge in [-0.05, 0) is 78.2 Å². The van der Waals surface area contributed by atoms with E-state index in [1.54, 1.807) is 0 Å². The van der Waals surface area contributed by atoms with Crippen LogP contribution in [0.25, 0.3) is 43.8 Å². The molecule has 0 radical (unpaired) electrons. The van der Waals surface area contributed by atoms with Gasteiger partial charge in [0.25, 0.3) is 0 Å². The maximum atomic E-state index is 4.64. The second kappa shape index (κ2) is 12.8. The molecule has 0 N–H and O–H groups in total. The standard InChI is InChI=1S/C48H32N2/c1-3-17-35(18-4-1)43(41-27-11-21-33-15-7-9-25-39(33)41)47-45(37-23-13-29-49-31-37)46(38-24-14-30-50-32-38)48(47)44(36-19-5-2-6-20-36)42-28-12-22-34-16-8-10-26-40(34)42/h1-32H/b47-43-,48-44-. The summed E-state index contributed by atoms with van der Waals surface area (Å²) in [6.45, 7) is 0. The zero-order valence-electron chi connectivity index (χ0n) is 27.4. The molecule has 2 aromatic heterocycles. The van der Waals surface area contributed by atoms with Crippen LogP contribution in [0.2, 0.25) is 0 Å². The van der Waals surface area contributed by atoms with E-state index in [4.69, 9.17) is 0 Å². The molecule has 0 fully saturated rings. The molecule has 8 aromatic rings. The monoisotopic (exact) mass is 636 g/mol. The summed E-state index contributed by atoms with van der Waals surface area (Å²) < 4.78 is 0. The van der Waals surface area contributed by atoms with E-state index >= 15 is 0 Å². The Morgan fingerprint density at radius 3 is 1.16 bits per heavy atom. The number of benzene rings is 6. The van der Waals surface area contributed by atoms with Gasteiger partial charge in [-0.3, -0.25) is 9.97 Å². The molecule has 0 aliphatic heterocycles. The predicted octanol–water partition coefficient (Wildman–Crippen LogP) is 11.7. The molecule has 0 bridgehead atoms. The summed E-state index contributed by atoms with van der Waals surface area (Å²) in [5.41, 5.74) is 14.0. The number of hydrogen-bond donors (Lipinski definition) is 0. The third-order valence-corrected chi connectivity index (χ3v) is 9.64. The Morgan fingerprint density at radius 1 is 0.340 bits per heavy atom. The number of rotatable bonds is 6. The minimum absolute atomic E-state index is 1.07. The van der Waals surface area contributed by atoms with Crippen LogP contribution in [0.5, 0.6) is 0 Å². The second-order valence-electron chi connectivity index (χ2n) is 12.5. The Labute approximate surface area is 292 Å². The summed E-state index contributed by atoms with van der Waals surface area (Å²) in [5, 5.41) is 4.85. The van der Waals surface area contributed by atoms with Crippen LogP contribution in [0.15, 0.2) is 206 Å². The first kappa shape index (κ1) is 29.5. The minimum Gasteiger partial charge on any atom is -0.264 e. The molecule has 1 aliphatic rings. The van der Waals surface area contributed by atoms with Crippen molar-refractivity contribution in [3.05, 3.63) is 239 Å². The predicted molar refractivity (Wildman–Crippen MR) is 208 cm³/mol. The van der Waals surface area contributed by atoms with Gasteiger partial charge in [0.2, 0.25) is 0 Å². The molecule has 234 valence electrons. The summed E-state index contributed by atoms with van der Waals surface area (Å²) in [6.07, 6.45) is 7.68. The van der Waals surface area contributed by atoms with Crippen LogP contribution >= 0.6 is 0 Å². The summed E-state index contributed by atoms with van der Waals surface area (Å²) in [5.74, 6) is 0. The highest BCUT2D eigenvalue weighted by Crippen LogP contribution is 2.58. The molecule has 0 spiro atoms. The fourth-order valence-electron chi connectivity index (χ4n) is 7.50. The first-order valence-electron chi connectivity index (χ1n) is 17.0. The molecule has 2 nitrogen and oxygen atoms in total. The smallest absolute Gasteiger partial charge is 0.0346 e. The lowest BCUT2D eigenvalue weighted by Crippen LogP contribution is -2.17. The molecule has 6 aromatic carbocycles. The Bertz CT molecular complexity index is 2400. The molecular weight excluding hydrogens is 605 g/mol. The summed E-state index contributed by atoms with van der Waals surface area (Å²) in [4.78, 5) is 9.29. The Balaban J connectivity index is 1.55. The zero-order valence-corrected chi connectivity index (χ0v) is 27.4. The van der Waals surface area contributed by atoms with Gasteiger partial charge in [0, 0.05) is 47.1 Å². The maximum Gasteiger partial charge on any atom is 0.0346 e. The lowest BCUT2D eigenvalue weighted by molar-refractivity contribution is 1.28. The Morgan fingerprint density at radius 2 is 0.740 bits per heavy atom. The topological polar surface area (TPSA) is 25.8 Å². The normalized spacial score (nSPS) is 14.8. The van der Waals surface area contributed by atoms with Crippen molar-refractivity contribution < 1.29 is 0 Å². The summed E-state index contributed by atoms with van der Waals surface area (Å²) in [7, 11) is 0. The van der Waals surface area contributed by atoms with Crippen LogP contribution in [0.4, 0.5) is 0 Å². The SMILES string of the molecule is c1ccc(/C(=C2C(c3cccnc3)=C(c3cccnc3)C\2=C(/c2ccccc2)c2cccc3ccccc23)c2cccc3ccccc23)cc1. The Hall–Kier alpha value is -6.64. The van der Waals surface area contributed by atoms with Crippen molar-refractivity contribution in [3.8, 4) is 0 Å². The van der Waals surface area contributed by atoms with Crippen LogP contribution in [0.1, 0.15) is 33.4 Å². The first-order chi connectivity index (χ1) is 24.9. The number of fused-ring (bicyclic) bond motifs is 2.